The summed E-state index contributed by atoms with van der Waals surface area (Å²) in [5.41, 5.74) is 0.420. The average molecular weight is 413 g/mol. The van der Waals surface area contributed by atoms with Gasteiger partial charge < -0.3 is 0 Å². The van der Waals surface area contributed by atoms with Gasteiger partial charge in [0, 0.05) is 21.6 Å². The first kappa shape index (κ1) is 19.7. The quantitative estimate of drug-likeness (QED) is 0.421. The van der Waals surface area contributed by atoms with E-state index in [4.69, 9.17) is 0 Å². The maximum absolute atomic E-state index is 2.63. The lowest BCUT2D eigenvalue weighted by Crippen LogP contribution is -2.39. The number of allylic oxidation sites excluding steroid dienone is 12. The van der Waals surface area contributed by atoms with Gasteiger partial charge in [0.25, 0.3) is 0 Å². The fourth-order valence-corrected chi connectivity index (χ4v) is 13.6. The molecule has 2 atom stereocenters. The SMILES string of the molecule is CC(C)(C)C1=C([Si](C)(C)C2=C(C(C)(C)C)SC3=CC=CC32)C2C=CC=C2S1. The first-order valence-corrected chi connectivity index (χ1v) is 14.7. The number of thioether (sulfide) groups is 2. The molecule has 2 aliphatic heterocycles. The van der Waals surface area contributed by atoms with E-state index in [0.29, 0.717) is 11.8 Å². The van der Waals surface area contributed by atoms with Crippen molar-refractivity contribution in [3.05, 3.63) is 66.5 Å². The Balaban J connectivity index is 1.93. The van der Waals surface area contributed by atoms with E-state index in [1.165, 1.54) is 0 Å². The molecule has 2 aliphatic carbocycles. The number of rotatable bonds is 2. The summed E-state index contributed by atoms with van der Waals surface area (Å²) >= 11 is 4.13. The summed E-state index contributed by atoms with van der Waals surface area (Å²) in [6.07, 6.45) is 14.2. The molecule has 0 saturated heterocycles. The van der Waals surface area contributed by atoms with E-state index in [1.54, 1.807) is 30.0 Å². The van der Waals surface area contributed by atoms with Gasteiger partial charge in [0.05, 0.1) is 0 Å². The highest BCUT2D eigenvalue weighted by Gasteiger charge is 2.50. The fraction of sp³-hybridized carbons (Fsp3) is 0.500. The number of fused-ring (bicyclic) bond motifs is 2. The van der Waals surface area contributed by atoms with Crippen LogP contribution in [0, 0.1) is 22.7 Å². The molecule has 0 saturated carbocycles. The summed E-state index contributed by atoms with van der Waals surface area (Å²) in [4.78, 5) is 6.39. The standard InChI is InChI=1S/C24H32S2Si/c1-23(2,3)21-19(15-11-9-13-17(15)25-21)27(7,8)20-16-12-10-14-18(16)26-22(20)24(4,5)6/h9-16H,1-8H3. The molecule has 2 heterocycles. The smallest absolute Gasteiger partial charge is 0.0979 e. The van der Waals surface area contributed by atoms with Crippen molar-refractivity contribution in [3.8, 4) is 0 Å². The monoisotopic (exact) mass is 412 g/mol. The molecule has 144 valence electrons. The Morgan fingerprint density at radius 1 is 0.704 bits per heavy atom. The minimum Gasteiger partial charge on any atom is -0.0979 e. The van der Waals surface area contributed by atoms with Gasteiger partial charge >= 0.3 is 0 Å². The molecule has 0 nitrogen and oxygen atoms in total. The Kier molecular flexibility index (Phi) is 4.50. The van der Waals surface area contributed by atoms with Gasteiger partial charge in [-0.25, -0.2) is 0 Å². The largest absolute Gasteiger partial charge is 0.107 e. The summed E-state index contributed by atoms with van der Waals surface area (Å²) in [6, 6.07) is 0. The highest BCUT2D eigenvalue weighted by Crippen LogP contribution is 2.62. The molecule has 0 aromatic rings. The maximum atomic E-state index is 2.63. The third kappa shape index (κ3) is 3.05. The van der Waals surface area contributed by atoms with Crippen LogP contribution in [0.4, 0.5) is 0 Å². The molecule has 0 spiro atoms. The van der Waals surface area contributed by atoms with Crippen molar-refractivity contribution in [1.82, 2.24) is 0 Å². The van der Waals surface area contributed by atoms with Crippen LogP contribution in [0.3, 0.4) is 0 Å². The lowest BCUT2D eigenvalue weighted by Gasteiger charge is -2.37. The van der Waals surface area contributed by atoms with E-state index in [-0.39, 0.29) is 10.8 Å². The van der Waals surface area contributed by atoms with Crippen LogP contribution in [0.2, 0.25) is 13.1 Å². The molecular weight excluding hydrogens is 380 g/mol. The number of hydrogen-bond donors (Lipinski definition) is 0. The third-order valence-corrected chi connectivity index (χ3v) is 13.5. The second-order valence-corrected chi connectivity index (χ2v) is 17.2. The summed E-state index contributed by atoms with van der Waals surface area (Å²) in [5.74, 6) is 1.06. The van der Waals surface area contributed by atoms with E-state index in [9.17, 15) is 0 Å². The van der Waals surface area contributed by atoms with E-state index in [1.807, 2.05) is 0 Å². The molecule has 0 radical (unpaired) electrons. The summed E-state index contributed by atoms with van der Waals surface area (Å²) in [6.45, 7) is 19.6. The van der Waals surface area contributed by atoms with E-state index < -0.39 is 8.07 Å². The summed E-state index contributed by atoms with van der Waals surface area (Å²) in [5, 5.41) is 3.55. The average Bonchev–Trinajstić information content (AvgIpc) is 3.23. The Morgan fingerprint density at radius 3 is 1.41 bits per heavy atom. The molecule has 0 aromatic heterocycles. The van der Waals surface area contributed by atoms with Crippen molar-refractivity contribution in [1.29, 1.82) is 0 Å². The first-order valence-electron chi connectivity index (χ1n) is 10.0. The van der Waals surface area contributed by atoms with Crippen LogP contribution in [0.15, 0.2) is 66.5 Å². The van der Waals surface area contributed by atoms with Gasteiger partial charge in [0.1, 0.15) is 8.07 Å². The lowest BCUT2D eigenvalue weighted by atomic mass is 9.93. The minimum absolute atomic E-state index is 0.210. The molecule has 0 fully saturated rings. The molecule has 0 N–H and O–H groups in total. The summed E-state index contributed by atoms with van der Waals surface area (Å²) in [7, 11) is -1.82. The van der Waals surface area contributed by atoms with E-state index in [2.05, 4.69) is 115 Å². The molecule has 4 aliphatic rings. The van der Waals surface area contributed by atoms with Crippen LogP contribution in [0.5, 0.6) is 0 Å². The minimum atomic E-state index is -1.82. The Morgan fingerprint density at radius 2 is 1.07 bits per heavy atom. The second-order valence-electron chi connectivity index (χ2n) is 10.7. The number of hydrogen-bond acceptors (Lipinski definition) is 2. The molecule has 27 heavy (non-hydrogen) atoms. The molecule has 0 amide bonds. The Hall–Kier alpha value is -0.643. The zero-order valence-corrected chi connectivity index (χ0v) is 20.6. The van der Waals surface area contributed by atoms with Crippen LogP contribution in [-0.2, 0) is 0 Å². The van der Waals surface area contributed by atoms with E-state index >= 15 is 0 Å². The van der Waals surface area contributed by atoms with Crippen LogP contribution in [0.25, 0.3) is 0 Å². The van der Waals surface area contributed by atoms with Gasteiger partial charge in [-0.3, -0.25) is 0 Å². The maximum Gasteiger partial charge on any atom is 0.107 e. The molecular formula is C24H32S2Si. The van der Waals surface area contributed by atoms with Gasteiger partial charge in [0.2, 0.25) is 0 Å². The molecule has 0 aromatic carbocycles. The van der Waals surface area contributed by atoms with Crippen LogP contribution in [0.1, 0.15) is 41.5 Å². The molecule has 0 bridgehead atoms. The van der Waals surface area contributed by atoms with Gasteiger partial charge in [-0.1, -0.05) is 125 Å². The summed E-state index contributed by atoms with van der Waals surface area (Å²) < 4.78 is 0. The van der Waals surface area contributed by atoms with Gasteiger partial charge in [-0.05, 0) is 20.6 Å². The van der Waals surface area contributed by atoms with Gasteiger partial charge in [-0.2, -0.15) is 0 Å². The van der Waals surface area contributed by atoms with Crippen LogP contribution >= 0.6 is 23.5 Å². The first-order chi connectivity index (χ1) is 12.4. The molecule has 4 rings (SSSR count). The third-order valence-electron chi connectivity index (χ3n) is 6.00. The highest BCUT2D eigenvalue weighted by atomic mass is 32.2. The van der Waals surface area contributed by atoms with Gasteiger partial charge in [-0.15, -0.1) is 0 Å². The fourth-order valence-electron chi connectivity index (χ4n) is 4.82. The van der Waals surface area contributed by atoms with Crippen molar-refractivity contribution < 1.29 is 0 Å². The predicted octanol–water partition coefficient (Wildman–Crippen LogP) is 8.01. The van der Waals surface area contributed by atoms with Crippen molar-refractivity contribution in [2.75, 3.05) is 0 Å². The Bertz CT molecular complexity index is 804. The van der Waals surface area contributed by atoms with Gasteiger partial charge in [0.15, 0.2) is 0 Å². The van der Waals surface area contributed by atoms with Crippen molar-refractivity contribution in [2.45, 2.75) is 54.6 Å². The van der Waals surface area contributed by atoms with Crippen LogP contribution < -0.4 is 0 Å². The normalized spacial score (nSPS) is 27.6. The van der Waals surface area contributed by atoms with Crippen molar-refractivity contribution in [2.24, 2.45) is 22.7 Å². The highest BCUT2D eigenvalue weighted by molar-refractivity contribution is 8.07. The van der Waals surface area contributed by atoms with Crippen molar-refractivity contribution in [3.63, 3.8) is 0 Å². The zero-order chi connectivity index (χ0) is 19.8. The van der Waals surface area contributed by atoms with Crippen LogP contribution in [-0.4, -0.2) is 8.07 Å². The Labute approximate surface area is 175 Å². The molecule has 3 heteroatoms. The lowest BCUT2D eigenvalue weighted by molar-refractivity contribution is 0.528. The van der Waals surface area contributed by atoms with E-state index in [0.717, 1.165) is 0 Å². The molecule has 2 unspecified atom stereocenters. The second kappa shape index (κ2) is 6.18. The zero-order valence-electron chi connectivity index (χ0n) is 17.9. The van der Waals surface area contributed by atoms with Crippen molar-refractivity contribution >= 4 is 31.6 Å². The topological polar surface area (TPSA) is 0 Å². The predicted molar refractivity (Wildman–Crippen MR) is 127 cm³/mol.